The van der Waals surface area contributed by atoms with Crippen molar-refractivity contribution in [2.24, 2.45) is 0 Å². The van der Waals surface area contributed by atoms with Crippen LogP contribution in [0.2, 0.25) is 0 Å². The first-order valence-corrected chi connectivity index (χ1v) is 12.6. The van der Waals surface area contributed by atoms with Gasteiger partial charge in [0, 0.05) is 6.61 Å². The predicted molar refractivity (Wildman–Crippen MR) is 133 cm³/mol. The van der Waals surface area contributed by atoms with Crippen molar-refractivity contribution in [2.75, 3.05) is 26.4 Å². The molecule has 0 spiro atoms. The monoisotopic (exact) mass is 558 g/mol. The number of aliphatic hydroxyl groups excluding tert-OH is 9. The highest BCUT2D eigenvalue weighted by Gasteiger charge is 2.51. The van der Waals surface area contributed by atoms with Gasteiger partial charge in [-0.25, -0.2) is 0 Å². The van der Waals surface area contributed by atoms with Crippen molar-refractivity contribution in [3.8, 4) is 23.7 Å². The number of aliphatic hydroxyl groups is 9. The minimum absolute atomic E-state index is 0.0482. The fourth-order valence-electron chi connectivity index (χ4n) is 3.91. The molecule has 2 aliphatic rings. The predicted octanol–water partition coefficient (Wildman–Crippen LogP) is -3.73. The second-order valence-corrected chi connectivity index (χ2v) is 8.88. The number of allylic oxidation sites excluding steroid dienone is 2. The molecule has 11 atom stereocenters. The first-order valence-electron chi connectivity index (χ1n) is 12.6. The van der Waals surface area contributed by atoms with E-state index in [1.165, 1.54) is 18.2 Å². The summed E-state index contributed by atoms with van der Waals surface area (Å²) in [4.78, 5) is 0. The third-order valence-electron chi connectivity index (χ3n) is 6.08. The van der Waals surface area contributed by atoms with Crippen molar-refractivity contribution < 1.29 is 64.9 Å². The zero-order chi connectivity index (χ0) is 28.8. The standard InChI is InChI=1S/C26H38O13/c27-12-8-5-3-1-2-4-6-10-16(11-7-9-13-28)36-26-24(22(34)20(32)18(15-30)38-26)39-25-23(35)21(33)19(31)17(14-29)37-25/h5-6,8,10,16-35H,7,9,11-15H2/b8-5+,10-6+/t16-,17-,18-,19-,20-,21+,22+,23-,24-,25+,26-/m1/s1. The number of ether oxygens (including phenoxy) is 4. The van der Waals surface area contributed by atoms with Crippen LogP contribution in [0, 0.1) is 23.7 Å². The van der Waals surface area contributed by atoms with Gasteiger partial charge in [-0.1, -0.05) is 17.9 Å². The molecule has 2 heterocycles. The Balaban J connectivity index is 2.24. The summed E-state index contributed by atoms with van der Waals surface area (Å²) in [5, 5.41) is 88.5. The molecule has 0 radical (unpaired) electrons. The highest BCUT2D eigenvalue weighted by molar-refractivity contribution is 5.34. The molecule has 2 aliphatic heterocycles. The molecule has 0 amide bonds. The van der Waals surface area contributed by atoms with Crippen LogP contribution < -0.4 is 0 Å². The van der Waals surface area contributed by atoms with Crippen LogP contribution in [0.5, 0.6) is 0 Å². The highest BCUT2D eigenvalue weighted by Crippen LogP contribution is 2.30. The van der Waals surface area contributed by atoms with E-state index in [1.54, 1.807) is 6.08 Å². The molecule has 220 valence electrons. The molecule has 9 N–H and O–H groups in total. The molecule has 2 saturated heterocycles. The molecule has 0 aliphatic carbocycles. The van der Waals surface area contributed by atoms with Gasteiger partial charge in [0.05, 0.1) is 25.9 Å². The smallest absolute Gasteiger partial charge is 0.187 e. The third kappa shape index (κ3) is 9.89. The molecule has 0 bridgehead atoms. The summed E-state index contributed by atoms with van der Waals surface area (Å²) >= 11 is 0. The molecular weight excluding hydrogens is 520 g/mol. The Morgan fingerprint density at radius 2 is 1.33 bits per heavy atom. The Labute approximate surface area is 226 Å². The Kier molecular flexibility index (Phi) is 15.1. The van der Waals surface area contributed by atoms with Gasteiger partial charge in [-0.15, -0.1) is 0 Å². The molecule has 0 saturated carbocycles. The molecule has 0 aromatic heterocycles. The number of unbranched alkanes of at least 4 members (excludes halogenated alkanes) is 1. The van der Waals surface area contributed by atoms with Crippen LogP contribution in [-0.4, -0.2) is 140 Å². The SMILES string of the molecule is OC/C=C/C#CC#C/C=C/[C@H](CCCCO)O[C@@H]1O[C@H](CO)[C@@H](O)[C@H](O)[C@H]1O[C@@H]1O[C@H](CO)[C@@H](O)[C@H](O)[C@H]1O. The quantitative estimate of drug-likeness (QED) is 0.0832. The lowest BCUT2D eigenvalue weighted by atomic mass is 9.97. The summed E-state index contributed by atoms with van der Waals surface area (Å²) in [5.74, 6) is 10.5. The zero-order valence-corrected chi connectivity index (χ0v) is 21.3. The molecule has 39 heavy (non-hydrogen) atoms. The van der Waals surface area contributed by atoms with Gasteiger partial charge in [-0.05, 0) is 49.3 Å². The first-order chi connectivity index (χ1) is 18.8. The van der Waals surface area contributed by atoms with Crippen LogP contribution in [0.3, 0.4) is 0 Å². The van der Waals surface area contributed by atoms with Gasteiger partial charge in [0.1, 0.15) is 48.8 Å². The van der Waals surface area contributed by atoms with Gasteiger partial charge in [0.25, 0.3) is 0 Å². The fourth-order valence-corrected chi connectivity index (χ4v) is 3.91. The molecular formula is C26H38O13. The van der Waals surface area contributed by atoms with E-state index in [-0.39, 0.29) is 13.2 Å². The van der Waals surface area contributed by atoms with Crippen molar-refractivity contribution in [2.45, 2.75) is 86.8 Å². The van der Waals surface area contributed by atoms with E-state index in [0.717, 1.165) is 0 Å². The van der Waals surface area contributed by atoms with Crippen LogP contribution in [0.25, 0.3) is 0 Å². The topological polar surface area (TPSA) is 219 Å². The maximum Gasteiger partial charge on any atom is 0.187 e. The van der Waals surface area contributed by atoms with Crippen LogP contribution in [0.4, 0.5) is 0 Å². The second-order valence-electron chi connectivity index (χ2n) is 8.88. The van der Waals surface area contributed by atoms with Crippen LogP contribution in [-0.2, 0) is 18.9 Å². The second kappa shape index (κ2) is 17.7. The Bertz CT molecular complexity index is 886. The molecule has 0 aromatic rings. The van der Waals surface area contributed by atoms with E-state index in [9.17, 15) is 35.7 Å². The average Bonchev–Trinajstić information content (AvgIpc) is 2.93. The Morgan fingerprint density at radius 1 is 0.718 bits per heavy atom. The molecule has 0 aromatic carbocycles. The summed E-state index contributed by atoms with van der Waals surface area (Å²) in [6.45, 7) is -1.55. The van der Waals surface area contributed by atoms with Gasteiger partial charge in [-0.3, -0.25) is 0 Å². The van der Waals surface area contributed by atoms with Crippen molar-refractivity contribution >= 4 is 0 Å². The van der Waals surface area contributed by atoms with Crippen LogP contribution in [0.1, 0.15) is 19.3 Å². The minimum atomic E-state index is -1.78. The van der Waals surface area contributed by atoms with Gasteiger partial charge in [0.15, 0.2) is 12.6 Å². The number of hydrogen-bond acceptors (Lipinski definition) is 13. The summed E-state index contributed by atoms with van der Waals surface area (Å²) in [7, 11) is 0. The highest BCUT2D eigenvalue weighted by atomic mass is 16.8. The van der Waals surface area contributed by atoms with Gasteiger partial charge >= 0.3 is 0 Å². The molecule has 13 heteroatoms. The lowest BCUT2D eigenvalue weighted by Crippen LogP contribution is -2.64. The summed E-state index contributed by atoms with van der Waals surface area (Å²) < 4.78 is 22.7. The summed E-state index contributed by atoms with van der Waals surface area (Å²) in [6.07, 6.45) is -8.96. The Hall–Kier alpha value is -1.92. The van der Waals surface area contributed by atoms with Crippen molar-refractivity contribution in [1.82, 2.24) is 0 Å². The van der Waals surface area contributed by atoms with E-state index in [2.05, 4.69) is 23.7 Å². The minimum Gasteiger partial charge on any atom is -0.396 e. The normalized spacial score (nSPS) is 35.8. The van der Waals surface area contributed by atoms with E-state index in [4.69, 9.17) is 29.2 Å². The fraction of sp³-hybridized carbons (Fsp3) is 0.692. The molecule has 2 rings (SSSR count). The summed E-state index contributed by atoms with van der Waals surface area (Å²) in [5.41, 5.74) is 0. The zero-order valence-electron chi connectivity index (χ0n) is 21.3. The molecule has 2 fully saturated rings. The maximum absolute atomic E-state index is 10.8. The van der Waals surface area contributed by atoms with E-state index >= 15 is 0 Å². The van der Waals surface area contributed by atoms with Crippen molar-refractivity contribution in [3.05, 3.63) is 24.3 Å². The molecule has 13 nitrogen and oxygen atoms in total. The lowest BCUT2D eigenvalue weighted by molar-refractivity contribution is -0.370. The van der Waals surface area contributed by atoms with Gasteiger partial charge in [0.2, 0.25) is 0 Å². The van der Waals surface area contributed by atoms with Gasteiger partial charge < -0.3 is 64.9 Å². The van der Waals surface area contributed by atoms with Crippen LogP contribution >= 0.6 is 0 Å². The van der Waals surface area contributed by atoms with Crippen molar-refractivity contribution in [3.63, 3.8) is 0 Å². The molecule has 0 unspecified atom stereocenters. The maximum atomic E-state index is 10.8. The summed E-state index contributed by atoms with van der Waals surface area (Å²) in [6, 6.07) is 0. The van der Waals surface area contributed by atoms with E-state index in [1.807, 2.05) is 0 Å². The number of hydrogen-bond donors (Lipinski definition) is 9. The van der Waals surface area contributed by atoms with Crippen molar-refractivity contribution in [1.29, 1.82) is 0 Å². The average molecular weight is 559 g/mol. The lowest BCUT2D eigenvalue weighted by Gasteiger charge is -2.46. The van der Waals surface area contributed by atoms with Gasteiger partial charge in [-0.2, -0.15) is 0 Å². The van der Waals surface area contributed by atoms with E-state index in [0.29, 0.717) is 19.3 Å². The third-order valence-corrected chi connectivity index (χ3v) is 6.08. The largest absolute Gasteiger partial charge is 0.396 e. The first kappa shape index (κ1) is 33.3. The van der Waals surface area contributed by atoms with E-state index < -0.39 is 80.7 Å². The Morgan fingerprint density at radius 3 is 1.95 bits per heavy atom. The van der Waals surface area contributed by atoms with Crippen LogP contribution in [0.15, 0.2) is 24.3 Å². The number of rotatable bonds is 12.